The van der Waals surface area contributed by atoms with E-state index in [0.717, 1.165) is 18.4 Å². The van der Waals surface area contributed by atoms with Gasteiger partial charge in [0.05, 0.1) is 9.92 Å². The average Bonchev–Trinajstić information content (AvgIpc) is 2.00. The lowest BCUT2D eigenvalue weighted by molar-refractivity contribution is 0.552. The van der Waals surface area contributed by atoms with Gasteiger partial charge in [-0.05, 0) is 18.2 Å². The fourth-order valence-corrected chi connectivity index (χ4v) is 2.59. The first-order valence-electron chi connectivity index (χ1n) is 3.56. The van der Waals surface area contributed by atoms with Gasteiger partial charge in [-0.1, -0.05) is 11.6 Å². The van der Waals surface area contributed by atoms with Crippen molar-refractivity contribution in [3.63, 3.8) is 0 Å². The van der Waals surface area contributed by atoms with Crippen LogP contribution in [-0.2, 0) is 20.1 Å². The minimum atomic E-state index is -5.01. The summed E-state index contributed by atoms with van der Waals surface area (Å²) in [6, 6.07) is 2.81. The van der Waals surface area contributed by atoms with Crippen LogP contribution in [0.15, 0.2) is 28.0 Å². The van der Waals surface area contributed by atoms with Crippen molar-refractivity contribution >= 4 is 31.7 Å². The molecular formula is C7H6ClFO4S2. The minimum Gasteiger partial charge on any atom is -0.224 e. The Hall–Kier alpha value is -0.660. The van der Waals surface area contributed by atoms with Gasteiger partial charge in [-0.2, -0.15) is 8.42 Å². The van der Waals surface area contributed by atoms with E-state index in [9.17, 15) is 20.7 Å². The molecule has 1 aromatic carbocycles. The van der Waals surface area contributed by atoms with Crippen molar-refractivity contribution in [2.75, 3.05) is 6.26 Å². The van der Waals surface area contributed by atoms with Gasteiger partial charge in [-0.15, -0.1) is 3.89 Å². The molecule has 0 atom stereocenters. The van der Waals surface area contributed by atoms with E-state index in [4.69, 9.17) is 11.6 Å². The molecule has 0 aliphatic heterocycles. The zero-order valence-electron chi connectivity index (χ0n) is 7.44. The van der Waals surface area contributed by atoms with E-state index in [0.29, 0.717) is 6.07 Å². The van der Waals surface area contributed by atoms with Crippen molar-refractivity contribution in [2.24, 2.45) is 0 Å². The van der Waals surface area contributed by atoms with Crippen molar-refractivity contribution < 1.29 is 20.7 Å². The summed E-state index contributed by atoms with van der Waals surface area (Å²) in [6.45, 7) is 0. The molecule has 0 aliphatic carbocycles. The van der Waals surface area contributed by atoms with Crippen LogP contribution in [0.4, 0.5) is 3.89 Å². The maximum atomic E-state index is 12.6. The molecule has 0 radical (unpaired) electrons. The lowest BCUT2D eigenvalue weighted by Gasteiger charge is -2.02. The third kappa shape index (κ3) is 2.90. The monoisotopic (exact) mass is 272 g/mol. The topological polar surface area (TPSA) is 68.3 Å². The summed E-state index contributed by atoms with van der Waals surface area (Å²) in [6.07, 6.45) is 0.880. The van der Waals surface area contributed by atoms with Crippen LogP contribution in [0.2, 0.25) is 5.02 Å². The highest BCUT2D eigenvalue weighted by atomic mass is 35.5. The van der Waals surface area contributed by atoms with Gasteiger partial charge < -0.3 is 0 Å². The lowest BCUT2D eigenvalue weighted by atomic mass is 10.4. The van der Waals surface area contributed by atoms with Gasteiger partial charge in [-0.25, -0.2) is 8.42 Å². The standard InChI is InChI=1S/C7H6ClFO4S2/c1-14(10,11)5-2-3-6(8)7(4-5)15(9,12)13/h2-4H,1H3. The highest BCUT2D eigenvalue weighted by molar-refractivity contribution is 7.90. The van der Waals surface area contributed by atoms with E-state index in [1.54, 1.807) is 0 Å². The molecular weight excluding hydrogens is 267 g/mol. The molecule has 0 heterocycles. The van der Waals surface area contributed by atoms with E-state index in [2.05, 4.69) is 0 Å². The Labute approximate surface area is 91.8 Å². The highest BCUT2D eigenvalue weighted by Crippen LogP contribution is 2.25. The van der Waals surface area contributed by atoms with E-state index in [1.807, 2.05) is 0 Å². The second-order valence-electron chi connectivity index (χ2n) is 2.80. The molecule has 1 rings (SSSR count). The Morgan fingerprint density at radius 1 is 1.20 bits per heavy atom. The van der Waals surface area contributed by atoms with Gasteiger partial charge in [0, 0.05) is 6.26 Å². The molecule has 0 fully saturated rings. The number of sulfone groups is 1. The molecule has 1 aromatic rings. The predicted octanol–water partition coefficient (Wildman–Crippen LogP) is 1.40. The van der Waals surface area contributed by atoms with Crippen LogP contribution in [0.1, 0.15) is 0 Å². The number of hydrogen-bond acceptors (Lipinski definition) is 4. The molecule has 0 spiro atoms. The summed E-state index contributed by atoms with van der Waals surface area (Å²) < 4.78 is 55.9. The largest absolute Gasteiger partial charge is 0.333 e. The molecule has 0 saturated carbocycles. The Bertz CT molecular complexity index is 591. The summed E-state index contributed by atoms with van der Waals surface area (Å²) in [5, 5.41) is -0.357. The van der Waals surface area contributed by atoms with Gasteiger partial charge in [0.2, 0.25) is 0 Å². The van der Waals surface area contributed by atoms with Crippen molar-refractivity contribution in [2.45, 2.75) is 9.79 Å². The molecule has 4 nitrogen and oxygen atoms in total. The van der Waals surface area contributed by atoms with Crippen molar-refractivity contribution in [1.82, 2.24) is 0 Å². The summed E-state index contributed by atoms with van der Waals surface area (Å²) in [7, 11) is -8.60. The molecule has 0 saturated heterocycles. The van der Waals surface area contributed by atoms with Gasteiger partial charge in [-0.3, -0.25) is 0 Å². The molecule has 8 heteroatoms. The van der Waals surface area contributed by atoms with Crippen LogP contribution >= 0.6 is 11.6 Å². The molecule has 15 heavy (non-hydrogen) atoms. The first-order chi connectivity index (χ1) is 6.62. The summed E-state index contributed by atoms with van der Waals surface area (Å²) in [5.74, 6) is 0. The summed E-state index contributed by atoms with van der Waals surface area (Å²) >= 11 is 5.42. The fraction of sp³-hybridized carbons (Fsp3) is 0.143. The maximum absolute atomic E-state index is 12.6. The molecule has 0 N–H and O–H groups in total. The molecule has 0 aromatic heterocycles. The van der Waals surface area contributed by atoms with Gasteiger partial charge in [0.15, 0.2) is 9.84 Å². The third-order valence-electron chi connectivity index (χ3n) is 1.59. The van der Waals surface area contributed by atoms with Crippen LogP contribution in [0.3, 0.4) is 0 Å². The second kappa shape index (κ2) is 3.73. The van der Waals surface area contributed by atoms with Crippen LogP contribution < -0.4 is 0 Å². The normalized spacial score (nSPS) is 12.7. The predicted molar refractivity (Wildman–Crippen MR) is 52.9 cm³/mol. The smallest absolute Gasteiger partial charge is 0.224 e. The Kier molecular flexibility index (Phi) is 3.09. The zero-order chi connectivity index (χ0) is 11.9. The second-order valence-corrected chi connectivity index (χ2v) is 6.54. The Morgan fingerprint density at radius 2 is 1.73 bits per heavy atom. The Morgan fingerprint density at radius 3 is 2.13 bits per heavy atom. The van der Waals surface area contributed by atoms with E-state index >= 15 is 0 Å². The first-order valence-corrected chi connectivity index (χ1v) is 7.22. The number of rotatable bonds is 2. The molecule has 0 aliphatic rings. The average molecular weight is 273 g/mol. The van der Waals surface area contributed by atoms with Crippen molar-refractivity contribution in [1.29, 1.82) is 0 Å². The summed E-state index contributed by atoms with van der Waals surface area (Å²) in [5.41, 5.74) is 0. The maximum Gasteiger partial charge on any atom is 0.333 e. The number of halogens is 2. The van der Waals surface area contributed by atoms with Crippen LogP contribution in [0.25, 0.3) is 0 Å². The first kappa shape index (κ1) is 12.4. The summed E-state index contributed by atoms with van der Waals surface area (Å²) in [4.78, 5) is -1.14. The SMILES string of the molecule is CS(=O)(=O)c1ccc(Cl)c(S(=O)(=O)F)c1. The molecule has 0 amide bonds. The molecule has 84 valence electrons. The fourth-order valence-electron chi connectivity index (χ4n) is 0.901. The van der Waals surface area contributed by atoms with Gasteiger partial charge in [0.1, 0.15) is 4.90 Å². The van der Waals surface area contributed by atoms with E-state index < -0.39 is 25.0 Å². The minimum absolute atomic E-state index is 0.303. The van der Waals surface area contributed by atoms with Gasteiger partial charge >= 0.3 is 10.2 Å². The lowest BCUT2D eigenvalue weighted by Crippen LogP contribution is -2.00. The van der Waals surface area contributed by atoms with E-state index in [-0.39, 0.29) is 9.92 Å². The van der Waals surface area contributed by atoms with Gasteiger partial charge in [0.25, 0.3) is 0 Å². The van der Waals surface area contributed by atoms with Crippen LogP contribution in [0, 0.1) is 0 Å². The molecule has 0 bridgehead atoms. The Balaban J connectivity index is 3.57. The van der Waals surface area contributed by atoms with E-state index in [1.165, 1.54) is 0 Å². The van der Waals surface area contributed by atoms with Crippen molar-refractivity contribution in [3.8, 4) is 0 Å². The quantitative estimate of drug-likeness (QED) is 0.763. The zero-order valence-corrected chi connectivity index (χ0v) is 9.83. The van der Waals surface area contributed by atoms with Crippen LogP contribution in [0.5, 0.6) is 0 Å². The van der Waals surface area contributed by atoms with Crippen LogP contribution in [-0.4, -0.2) is 23.1 Å². The number of hydrogen-bond donors (Lipinski definition) is 0. The highest BCUT2D eigenvalue weighted by Gasteiger charge is 2.19. The third-order valence-corrected chi connectivity index (χ3v) is 4.01. The molecule has 0 unspecified atom stereocenters. The van der Waals surface area contributed by atoms with Crippen molar-refractivity contribution in [3.05, 3.63) is 23.2 Å². The number of benzene rings is 1.